The second kappa shape index (κ2) is 10.8. The SMILES string of the molecule is CCOC(C)COc1ccc([C@@H](O)C2=C(c3ccc(C(F)(F)F)cc3F)CNc3cc(O)ccc32)cc1. The number of anilines is 1. The Morgan fingerprint density at radius 2 is 1.70 bits per heavy atom. The Bertz CT molecular complexity index is 1290. The van der Waals surface area contributed by atoms with Crippen molar-refractivity contribution in [3.8, 4) is 11.5 Å². The molecule has 3 aromatic rings. The predicted octanol–water partition coefficient (Wildman–Crippen LogP) is 6.42. The van der Waals surface area contributed by atoms with Crippen LogP contribution >= 0.6 is 0 Å². The maximum Gasteiger partial charge on any atom is 0.416 e. The van der Waals surface area contributed by atoms with E-state index in [-0.39, 0.29) is 24.0 Å². The van der Waals surface area contributed by atoms with Crippen molar-refractivity contribution in [3.63, 3.8) is 0 Å². The first-order chi connectivity index (χ1) is 17.6. The molecule has 9 heteroatoms. The molecule has 2 atom stereocenters. The molecule has 1 unspecified atom stereocenters. The minimum Gasteiger partial charge on any atom is -0.508 e. The van der Waals surface area contributed by atoms with Gasteiger partial charge in [0.1, 0.15) is 30.0 Å². The molecule has 0 spiro atoms. The average molecular weight is 518 g/mol. The van der Waals surface area contributed by atoms with Gasteiger partial charge in [-0.15, -0.1) is 0 Å². The van der Waals surface area contributed by atoms with Crippen LogP contribution in [-0.4, -0.2) is 36.1 Å². The van der Waals surface area contributed by atoms with Crippen LogP contribution in [0.15, 0.2) is 60.7 Å². The summed E-state index contributed by atoms with van der Waals surface area (Å²) in [6, 6.07) is 13.5. The van der Waals surface area contributed by atoms with E-state index in [4.69, 9.17) is 9.47 Å². The summed E-state index contributed by atoms with van der Waals surface area (Å²) in [6.07, 6.45) is -6.02. The quantitative estimate of drug-likeness (QED) is 0.301. The van der Waals surface area contributed by atoms with Crippen LogP contribution in [0.5, 0.6) is 11.5 Å². The molecule has 0 radical (unpaired) electrons. The van der Waals surface area contributed by atoms with Gasteiger partial charge in [-0.1, -0.05) is 18.2 Å². The van der Waals surface area contributed by atoms with Gasteiger partial charge in [-0.3, -0.25) is 0 Å². The number of rotatable bonds is 8. The number of phenolic OH excluding ortho intramolecular Hbond substituents is 1. The summed E-state index contributed by atoms with van der Waals surface area (Å²) >= 11 is 0. The van der Waals surface area contributed by atoms with E-state index in [1.165, 1.54) is 12.1 Å². The van der Waals surface area contributed by atoms with Crippen molar-refractivity contribution < 1.29 is 37.2 Å². The molecule has 5 nitrogen and oxygen atoms in total. The lowest BCUT2D eigenvalue weighted by molar-refractivity contribution is -0.137. The highest BCUT2D eigenvalue weighted by Crippen LogP contribution is 2.44. The van der Waals surface area contributed by atoms with E-state index < -0.39 is 23.7 Å². The lowest BCUT2D eigenvalue weighted by atomic mass is 9.84. The number of ether oxygens (including phenoxy) is 2. The van der Waals surface area contributed by atoms with Gasteiger partial charge in [0, 0.05) is 36.0 Å². The molecule has 196 valence electrons. The number of alkyl halides is 3. The minimum absolute atomic E-state index is 0.00738. The third kappa shape index (κ3) is 5.89. The van der Waals surface area contributed by atoms with Crippen LogP contribution in [0.25, 0.3) is 11.1 Å². The van der Waals surface area contributed by atoms with E-state index >= 15 is 0 Å². The number of aromatic hydroxyl groups is 1. The highest BCUT2D eigenvalue weighted by atomic mass is 19.4. The van der Waals surface area contributed by atoms with Gasteiger partial charge in [-0.05, 0) is 67.0 Å². The van der Waals surface area contributed by atoms with E-state index in [1.54, 1.807) is 30.3 Å². The van der Waals surface area contributed by atoms with Crippen LogP contribution < -0.4 is 10.1 Å². The molecule has 0 aliphatic carbocycles. The number of nitrogens with one attached hydrogen (secondary N) is 1. The van der Waals surface area contributed by atoms with Crippen molar-refractivity contribution in [1.82, 2.24) is 0 Å². The Balaban J connectivity index is 1.73. The van der Waals surface area contributed by atoms with Gasteiger partial charge in [-0.2, -0.15) is 13.2 Å². The summed E-state index contributed by atoms with van der Waals surface area (Å²) in [4.78, 5) is 0. The highest BCUT2D eigenvalue weighted by Gasteiger charge is 2.33. The fraction of sp³-hybridized carbons (Fsp3) is 0.286. The highest BCUT2D eigenvalue weighted by molar-refractivity contribution is 6.00. The normalized spacial score (nSPS) is 15.1. The molecular formula is C28H27F4NO4. The predicted molar refractivity (Wildman–Crippen MR) is 133 cm³/mol. The van der Waals surface area contributed by atoms with Crippen LogP contribution in [0.3, 0.4) is 0 Å². The molecule has 3 N–H and O–H groups in total. The van der Waals surface area contributed by atoms with Crippen LogP contribution in [0.4, 0.5) is 23.2 Å². The van der Waals surface area contributed by atoms with Crippen LogP contribution in [0.1, 0.15) is 42.2 Å². The monoisotopic (exact) mass is 517 g/mol. The molecule has 0 aromatic heterocycles. The second-order valence-electron chi connectivity index (χ2n) is 8.72. The number of hydrogen-bond acceptors (Lipinski definition) is 5. The molecule has 1 aliphatic rings. The maximum absolute atomic E-state index is 15.0. The molecule has 0 saturated heterocycles. The summed E-state index contributed by atoms with van der Waals surface area (Å²) in [5, 5.41) is 24.4. The fourth-order valence-corrected chi connectivity index (χ4v) is 4.30. The molecule has 0 amide bonds. The summed E-state index contributed by atoms with van der Waals surface area (Å²) < 4.78 is 65.5. The summed E-state index contributed by atoms with van der Waals surface area (Å²) in [5.41, 5.74) is 0.962. The van der Waals surface area contributed by atoms with E-state index in [0.717, 1.165) is 12.1 Å². The van der Waals surface area contributed by atoms with E-state index in [0.29, 0.717) is 53.0 Å². The van der Waals surface area contributed by atoms with Gasteiger partial charge in [0.05, 0.1) is 11.7 Å². The number of fused-ring (bicyclic) bond motifs is 1. The lowest BCUT2D eigenvalue weighted by Gasteiger charge is -2.29. The van der Waals surface area contributed by atoms with Crippen molar-refractivity contribution in [2.75, 3.05) is 25.1 Å². The maximum atomic E-state index is 15.0. The Hall–Kier alpha value is -3.56. The van der Waals surface area contributed by atoms with Gasteiger partial charge in [-0.25, -0.2) is 4.39 Å². The number of aliphatic hydroxyl groups excluding tert-OH is 1. The number of benzene rings is 3. The molecule has 1 aliphatic heterocycles. The first-order valence-corrected chi connectivity index (χ1v) is 11.8. The number of phenols is 1. The third-order valence-corrected chi connectivity index (χ3v) is 6.10. The number of aliphatic hydroxyl groups is 1. The standard InChI is InChI=1S/C28H27F4NO4/c1-3-36-16(2)15-37-20-8-4-17(5-9-20)27(35)26-22-11-7-19(34)13-25(22)33-14-23(26)21-10-6-18(12-24(21)29)28(30,31)32/h4-13,16,27,33-35H,3,14-15H2,1-2H3/t16?,27-/m1/s1. The van der Waals surface area contributed by atoms with Crippen molar-refractivity contribution in [2.45, 2.75) is 32.2 Å². The Morgan fingerprint density at radius 1 is 1.00 bits per heavy atom. The van der Waals surface area contributed by atoms with E-state index in [9.17, 15) is 27.8 Å². The zero-order valence-corrected chi connectivity index (χ0v) is 20.3. The Kier molecular flexibility index (Phi) is 7.75. The first-order valence-electron chi connectivity index (χ1n) is 11.8. The smallest absolute Gasteiger partial charge is 0.416 e. The second-order valence-corrected chi connectivity index (χ2v) is 8.72. The van der Waals surface area contributed by atoms with Crippen molar-refractivity contribution >= 4 is 16.8 Å². The first kappa shape index (κ1) is 26.5. The van der Waals surface area contributed by atoms with Gasteiger partial charge in [0.15, 0.2) is 0 Å². The van der Waals surface area contributed by atoms with Crippen molar-refractivity contribution in [3.05, 3.63) is 88.7 Å². The number of hydrogen-bond donors (Lipinski definition) is 3. The topological polar surface area (TPSA) is 71.0 Å². The van der Waals surface area contributed by atoms with E-state index in [1.807, 2.05) is 13.8 Å². The Labute approximate surface area is 212 Å². The summed E-state index contributed by atoms with van der Waals surface area (Å²) in [5.74, 6) is -0.487. The van der Waals surface area contributed by atoms with Gasteiger partial charge in [0.2, 0.25) is 0 Å². The van der Waals surface area contributed by atoms with Gasteiger partial charge >= 0.3 is 6.18 Å². The molecule has 0 saturated carbocycles. The molecule has 37 heavy (non-hydrogen) atoms. The molecular weight excluding hydrogens is 490 g/mol. The average Bonchev–Trinajstić information content (AvgIpc) is 2.86. The van der Waals surface area contributed by atoms with Crippen LogP contribution in [-0.2, 0) is 10.9 Å². The van der Waals surface area contributed by atoms with Crippen molar-refractivity contribution in [1.29, 1.82) is 0 Å². The molecule has 0 fully saturated rings. The zero-order chi connectivity index (χ0) is 26.7. The summed E-state index contributed by atoms with van der Waals surface area (Å²) in [7, 11) is 0. The van der Waals surface area contributed by atoms with Gasteiger partial charge in [0.25, 0.3) is 0 Å². The Morgan fingerprint density at radius 3 is 2.35 bits per heavy atom. The minimum atomic E-state index is -4.69. The third-order valence-electron chi connectivity index (χ3n) is 6.10. The molecule has 3 aromatic carbocycles. The van der Waals surface area contributed by atoms with Crippen LogP contribution in [0.2, 0.25) is 0 Å². The molecule has 4 rings (SSSR count). The lowest BCUT2D eigenvalue weighted by Crippen LogP contribution is -2.18. The summed E-state index contributed by atoms with van der Waals surface area (Å²) in [6.45, 7) is 4.73. The van der Waals surface area contributed by atoms with Gasteiger partial charge < -0.3 is 25.0 Å². The van der Waals surface area contributed by atoms with E-state index in [2.05, 4.69) is 5.32 Å². The van der Waals surface area contributed by atoms with Crippen molar-refractivity contribution in [2.24, 2.45) is 0 Å². The molecule has 0 bridgehead atoms. The number of halogens is 4. The van der Waals surface area contributed by atoms with Crippen LogP contribution in [0, 0.1) is 5.82 Å². The largest absolute Gasteiger partial charge is 0.508 e. The molecule has 1 heterocycles. The zero-order valence-electron chi connectivity index (χ0n) is 20.3. The fourth-order valence-electron chi connectivity index (χ4n) is 4.30.